The first-order valence-electron chi connectivity index (χ1n) is 7.68. The molecule has 0 aromatic carbocycles. The van der Waals surface area contributed by atoms with Gasteiger partial charge in [0.1, 0.15) is 0 Å². The van der Waals surface area contributed by atoms with Crippen LogP contribution < -0.4 is 16.0 Å². The Morgan fingerprint density at radius 1 is 1.39 bits per heavy atom. The molecule has 0 amide bonds. The van der Waals surface area contributed by atoms with Crippen LogP contribution in [0.4, 0.5) is 11.9 Å². The largest absolute Gasteiger partial charge is 0.461 e. The topological polar surface area (TPSA) is 110 Å². The minimum absolute atomic E-state index is 0.267. The fourth-order valence-electron chi connectivity index (χ4n) is 2.82. The Kier molecular flexibility index (Phi) is 3.34. The average Bonchev–Trinajstić information content (AvgIpc) is 3.23. The molecule has 1 unspecified atom stereocenters. The second-order valence-electron chi connectivity index (χ2n) is 5.47. The Morgan fingerprint density at radius 3 is 3.09 bits per heavy atom. The molecule has 120 valence electrons. The standard InChI is InChI=1S/C14H18N8O/c1-2-9-8-16-5-6-21(9)13-18-12(15)22-14(19-13)17-11(20-22)10-4-3-7-23-10/h3-4,7,9,16H,2,5-6,8H2,1H3,(H2,15,17,18,19,20). The van der Waals surface area contributed by atoms with Crippen LogP contribution >= 0.6 is 0 Å². The van der Waals surface area contributed by atoms with Crippen LogP contribution in [0.25, 0.3) is 17.4 Å². The van der Waals surface area contributed by atoms with Crippen molar-refractivity contribution in [3.63, 3.8) is 0 Å². The van der Waals surface area contributed by atoms with Crippen LogP contribution in [0.15, 0.2) is 22.8 Å². The molecule has 1 aliphatic rings. The Morgan fingerprint density at radius 2 is 2.30 bits per heavy atom. The number of nitrogens with two attached hydrogens (primary N) is 1. The molecule has 0 radical (unpaired) electrons. The van der Waals surface area contributed by atoms with Gasteiger partial charge >= 0.3 is 0 Å². The van der Waals surface area contributed by atoms with Gasteiger partial charge in [0.15, 0.2) is 5.76 Å². The van der Waals surface area contributed by atoms with Crippen LogP contribution in [0.3, 0.4) is 0 Å². The molecule has 1 saturated heterocycles. The minimum atomic E-state index is 0.267. The summed E-state index contributed by atoms with van der Waals surface area (Å²) in [5, 5.41) is 7.70. The molecule has 9 nitrogen and oxygen atoms in total. The molecule has 3 aromatic rings. The average molecular weight is 314 g/mol. The molecule has 4 heterocycles. The number of piperazine rings is 1. The molecule has 0 spiro atoms. The molecule has 1 fully saturated rings. The second-order valence-corrected chi connectivity index (χ2v) is 5.47. The number of nitrogens with one attached hydrogen (secondary N) is 1. The first-order chi connectivity index (χ1) is 11.3. The third-order valence-electron chi connectivity index (χ3n) is 4.04. The van der Waals surface area contributed by atoms with Gasteiger partial charge in [-0.25, -0.2) is 0 Å². The van der Waals surface area contributed by atoms with Crippen molar-refractivity contribution in [3.05, 3.63) is 18.4 Å². The molecule has 0 aliphatic carbocycles. The molecular formula is C14H18N8O. The number of nitrogens with zero attached hydrogens (tertiary/aromatic N) is 6. The summed E-state index contributed by atoms with van der Waals surface area (Å²) in [4.78, 5) is 15.5. The summed E-state index contributed by atoms with van der Waals surface area (Å²) in [5.41, 5.74) is 6.05. The van der Waals surface area contributed by atoms with Crippen LogP contribution in [-0.4, -0.2) is 50.2 Å². The van der Waals surface area contributed by atoms with Gasteiger partial charge in [-0.05, 0) is 18.6 Å². The quantitative estimate of drug-likeness (QED) is 0.721. The summed E-state index contributed by atoms with van der Waals surface area (Å²) in [6, 6.07) is 3.93. The summed E-state index contributed by atoms with van der Waals surface area (Å²) in [5.74, 6) is 2.31. The lowest BCUT2D eigenvalue weighted by Crippen LogP contribution is -2.51. The second kappa shape index (κ2) is 5.51. The van der Waals surface area contributed by atoms with Gasteiger partial charge in [-0.2, -0.15) is 19.5 Å². The first-order valence-corrected chi connectivity index (χ1v) is 7.68. The van der Waals surface area contributed by atoms with E-state index in [2.05, 4.69) is 37.2 Å². The smallest absolute Gasteiger partial charge is 0.259 e. The monoisotopic (exact) mass is 314 g/mol. The lowest BCUT2D eigenvalue weighted by atomic mass is 10.1. The molecule has 1 aliphatic heterocycles. The summed E-state index contributed by atoms with van der Waals surface area (Å²) >= 11 is 0. The normalized spacial score (nSPS) is 18.7. The maximum Gasteiger partial charge on any atom is 0.259 e. The van der Waals surface area contributed by atoms with E-state index in [0.29, 0.717) is 29.4 Å². The van der Waals surface area contributed by atoms with E-state index in [1.54, 1.807) is 18.4 Å². The van der Waals surface area contributed by atoms with Crippen LogP contribution in [0, 0.1) is 0 Å². The maximum absolute atomic E-state index is 6.05. The van der Waals surface area contributed by atoms with Gasteiger partial charge in [0, 0.05) is 25.7 Å². The Balaban J connectivity index is 1.77. The van der Waals surface area contributed by atoms with Gasteiger partial charge in [0.05, 0.1) is 6.26 Å². The summed E-state index contributed by atoms with van der Waals surface area (Å²) in [6.07, 6.45) is 2.58. The van der Waals surface area contributed by atoms with Gasteiger partial charge in [0.2, 0.25) is 17.7 Å². The number of hydrogen-bond donors (Lipinski definition) is 2. The zero-order valence-corrected chi connectivity index (χ0v) is 12.8. The zero-order valence-electron chi connectivity index (χ0n) is 12.8. The van der Waals surface area contributed by atoms with Crippen molar-refractivity contribution in [1.29, 1.82) is 0 Å². The minimum Gasteiger partial charge on any atom is -0.461 e. The van der Waals surface area contributed by atoms with E-state index in [1.165, 1.54) is 4.52 Å². The highest BCUT2D eigenvalue weighted by Crippen LogP contribution is 2.20. The Labute approximate surface area is 132 Å². The van der Waals surface area contributed by atoms with Crippen LogP contribution in [0.2, 0.25) is 0 Å². The number of rotatable bonds is 3. The molecule has 4 rings (SSSR count). The predicted molar refractivity (Wildman–Crippen MR) is 85.0 cm³/mol. The SMILES string of the molecule is CCC1CNCCN1c1nc(N)n2nc(-c3ccco3)nc2n1. The van der Waals surface area contributed by atoms with Gasteiger partial charge < -0.3 is 20.4 Å². The summed E-state index contributed by atoms with van der Waals surface area (Å²) < 4.78 is 6.76. The van der Waals surface area contributed by atoms with Crippen molar-refractivity contribution in [2.45, 2.75) is 19.4 Å². The van der Waals surface area contributed by atoms with Crippen molar-refractivity contribution < 1.29 is 4.42 Å². The van der Waals surface area contributed by atoms with Crippen molar-refractivity contribution in [2.75, 3.05) is 30.3 Å². The highest BCUT2D eigenvalue weighted by atomic mass is 16.3. The third-order valence-corrected chi connectivity index (χ3v) is 4.04. The number of furan rings is 1. The maximum atomic E-state index is 6.05. The van der Waals surface area contributed by atoms with Crippen molar-refractivity contribution in [1.82, 2.24) is 29.9 Å². The van der Waals surface area contributed by atoms with Crippen molar-refractivity contribution in [2.24, 2.45) is 0 Å². The Hall–Kier alpha value is -2.68. The molecule has 0 saturated carbocycles. The van der Waals surface area contributed by atoms with E-state index in [4.69, 9.17) is 10.2 Å². The molecular weight excluding hydrogens is 296 g/mol. The fraction of sp³-hybridized carbons (Fsp3) is 0.429. The molecule has 9 heteroatoms. The van der Waals surface area contributed by atoms with Gasteiger partial charge in [-0.3, -0.25) is 0 Å². The molecule has 3 aromatic heterocycles. The fourth-order valence-corrected chi connectivity index (χ4v) is 2.82. The van der Waals surface area contributed by atoms with E-state index < -0.39 is 0 Å². The molecule has 0 bridgehead atoms. The lowest BCUT2D eigenvalue weighted by Gasteiger charge is -2.35. The third kappa shape index (κ3) is 2.38. The number of hydrogen-bond acceptors (Lipinski definition) is 8. The highest BCUT2D eigenvalue weighted by Gasteiger charge is 2.24. The van der Waals surface area contributed by atoms with Crippen molar-refractivity contribution in [3.8, 4) is 11.6 Å². The highest BCUT2D eigenvalue weighted by molar-refractivity contribution is 5.53. The summed E-state index contributed by atoms with van der Waals surface area (Å²) in [6.45, 7) is 4.80. The van der Waals surface area contributed by atoms with Gasteiger partial charge in [-0.1, -0.05) is 6.92 Å². The number of aromatic nitrogens is 5. The van der Waals surface area contributed by atoms with E-state index >= 15 is 0 Å². The van der Waals surface area contributed by atoms with Gasteiger partial charge in [-0.15, -0.1) is 5.10 Å². The van der Waals surface area contributed by atoms with E-state index in [1.807, 2.05) is 0 Å². The molecule has 23 heavy (non-hydrogen) atoms. The van der Waals surface area contributed by atoms with E-state index in [-0.39, 0.29) is 5.95 Å². The first kappa shape index (κ1) is 13.9. The number of fused-ring (bicyclic) bond motifs is 1. The van der Waals surface area contributed by atoms with Crippen LogP contribution in [-0.2, 0) is 0 Å². The zero-order chi connectivity index (χ0) is 15.8. The molecule has 3 N–H and O–H groups in total. The predicted octanol–water partition coefficient (Wildman–Crippen LogP) is 0.550. The van der Waals surface area contributed by atoms with Crippen LogP contribution in [0.5, 0.6) is 0 Å². The Bertz CT molecular complexity index is 812. The number of anilines is 2. The van der Waals surface area contributed by atoms with Crippen LogP contribution in [0.1, 0.15) is 13.3 Å². The molecule has 1 atom stereocenters. The summed E-state index contributed by atoms with van der Waals surface area (Å²) in [7, 11) is 0. The number of nitrogen functional groups attached to an aromatic ring is 1. The van der Waals surface area contributed by atoms with E-state index in [9.17, 15) is 0 Å². The lowest BCUT2D eigenvalue weighted by molar-refractivity contribution is 0.459. The van der Waals surface area contributed by atoms with Crippen molar-refractivity contribution >= 4 is 17.7 Å². The van der Waals surface area contributed by atoms with Gasteiger partial charge in [0.25, 0.3) is 5.78 Å². The van der Waals surface area contributed by atoms with E-state index in [0.717, 1.165) is 26.1 Å².